The molecule has 2 nitrogen and oxygen atoms in total. The van der Waals surface area contributed by atoms with Crippen LogP contribution in [-0.4, -0.2) is 4.98 Å². The Hall–Kier alpha value is -2.01. The molecule has 1 heterocycles. The van der Waals surface area contributed by atoms with Gasteiger partial charge in [0, 0.05) is 17.5 Å². The van der Waals surface area contributed by atoms with Crippen molar-refractivity contribution >= 4 is 0 Å². The van der Waals surface area contributed by atoms with Gasteiger partial charge in [0.2, 0.25) is 0 Å². The van der Waals surface area contributed by atoms with Crippen molar-refractivity contribution in [1.82, 2.24) is 4.98 Å². The molecule has 1 aromatic carbocycles. The highest BCUT2D eigenvalue weighted by Crippen LogP contribution is 2.24. The first-order valence-corrected chi connectivity index (χ1v) is 4.46. The van der Waals surface area contributed by atoms with Gasteiger partial charge in [0.25, 0.3) is 0 Å². The number of aromatic amines is 1. The fraction of sp³-hybridized carbons (Fsp3) is 0.0833. The average Bonchev–Trinajstić information content (AvgIpc) is 2.61. The lowest BCUT2D eigenvalue weighted by Crippen LogP contribution is -1.79. The minimum atomic E-state index is 0.733. The van der Waals surface area contributed by atoms with E-state index in [1.807, 2.05) is 43.5 Å². The molecule has 0 fully saturated rings. The zero-order valence-corrected chi connectivity index (χ0v) is 7.91. The van der Waals surface area contributed by atoms with Gasteiger partial charge in [-0.05, 0) is 12.5 Å². The third-order valence-electron chi connectivity index (χ3n) is 2.27. The first-order valence-electron chi connectivity index (χ1n) is 4.46. The number of nitrogens with one attached hydrogen (secondary N) is 1. The Morgan fingerprint density at radius 3 is 2.57 bits per heavy atom. The summed E-state index contributed by atoms with van der Waals surface area (Å²) in [4.78, 5) is 3.06. The maximum absolute atomic E-state index is 8.98. The molecule has 14 heavy (non-hydrogen) atoms. The van der Waals surface area contributed by atoms with Crippen LogP contribution in [0, 0.1) is 18.3 Å². The van der Waals surface area contributed by atoms with E-state index in [9.17, 15) is 0 Å². The van der Waals surface area contributed by atoms with E-state index in [4.69, 9.17) is 5.26 Å². The van der Waals surface area contributed by atoms with Crippen LogP contribution < -0.4 is 0 Å². The van der Waals surface area contributed by atoms with Gasteiger partial charge in [0.05, 0.1) is 5.56 Å². The van der Waals surface area contributed by atoms with Crippen molar-refractivity contribution in [3.05, 3.63) is 47.8 Å². The summed E-state index contributed by atoms with van der Waals surface area (Å²) < 4.78 is 0. The van der Waals surface area contributed by atoms with Crippen LogP contribution in [0.3, 0.4) is 0 Å². The predicted molar refractivity (Wildman–Crippen MR) is 55.7 cm³/mol. The summed E-state index contributed by atoms with van der Waals surface area (Å²) in [6.45, 7) is 1.91. The van der Waals surface area contributed by atoms with Crippen LogP contribution in [-0.2, 0) is 0 Å². The van der Waals surface area contributed by atoms with E-state index in [-0.39, 0.29) is 0 Å². The number of rotatable bonds is 1. The lowest BCUT2D eigenvalue weighted by Gasteiger charge is -1.97. The Labute approximate surface area is 82.8 Å². The van der Waals surface area contributed by atoms with Crippen molar-refractivity contribution < 1.29 is 0 Å². The summed E-state index contributed by atoms with van der Waals surface area (Å²) in [7, 11) is 0. The molecular formula is C12H10N2. The second kappa shape index (κ2) is 3.39. The van der Waals surface area contributed by atoms with Crippen molar-refractivity contribution in [3.63, 3.8) is 0 Å². The van der Waals surface area contributed by atoms with Gasteiger partial charge in [0.15, 0.2) is 0 Å². The van der Waals surface area contributed by atoms with Crippen molar-refractivity contribution in [2.75, 3.05) is 0 Å². The highest BCUT2D eigenvalue weighted by molar-refractivity contribution is 5.71. The predicted octanol–water partition coefficient (Wildman–Crippen LogP) is 2.86. The molecular weight excluding hydrogens is 172 g/mol. The number of nitriles is 1. The van der Waals surface area contributed by atoms with Gasteiger partial charge in [-0.1, -0.05) is 30.3 Å². The number of hydrogen-bond donors (Lipinski definition) is 1. The summed E-state index contributed by atoms with van der Waals surface area (Å²) in [6, 6.07) is 12.1. The zero-order chi connectivity index (χ0) is 9.97. The molecule has 0 saturated heterocycles. The smallest absolute Gasteiger partial charge is 0.102 e. The maximum Gasteiger partial charge on any atom is 0.102 e. The molecule has 0 radical (unpaired) electrons. The molecule has 2 aromatic rings. The lowest BCUT2D eigenvalue weighted by molar-refractivity contribution is 1.25. The zero-order valence-electron chi connectivity index (χ0n) is 7.91. The Kier molecular flexibility index (Phi) is 2.08. The highest BCUT2D eigenvalue weighted by Gasteiger charge is 2.08. The summed E-state index contributed by atoms with van der Waals surface area (Å²) in [5, 5.41) is 8.98. The van der Waals surface area contributed by atoms with Crippen molar-refractivity contribution in [1.29, 1.82) is 5.26 Å². The maximum atomic E-state index is 8.98. The van der Waals surface area contributed by atoms with E-state index < -0.39 is 0 Å². The van der Waals surface area contributed by atoms with Crippen molar-refractivity contribution in [3.8, 4) is 17.2 Å². The van der Waals surface area contributed by atoms with Crippen LogP contribution in [0.4, 0.5) is 0 Å². The van der Waals surface area contributed by atoms with Gasteiger partial charge in [0.1, 0.15) is 6.07 Å². The SMILES string of the molecule is Cc1[nH]cc(-c2ccccc2)c1C#N. The fourth-order valence-corrected chi connectivity index (χ4v) is 1.52. The molecule has 68 valence electrons. The van der Waals surface area contributed by atoms with E-state index >= 15 is 0 Å². The molecule has 1 N–H and O–H groups in total. The second-order valence-electron chi connectivity index (χ2n) is 3.18. The average molecular weight is 182 g/mol. The normalized spacial score (nSPS) is 9.71. The van der Waals surface area contributed by atoms with Gasteiger partial charge in [-0.25, -0.2) is 0 Å². The Bertz CT molecular complexity index is 475. The quantitative estimate of drug-likeness (QED) is 0.723. The molecule has 1 aromatic heterocycles. The van der Waals surface area contributed by atoms with Crippen LogP contribution in [0.15, 0.2) is 36.5 Å². The van der Waals surface area contributed by atoms with Gasteiger partial charge >= 0.3 is 0 Å². The van der Waals surface area contributed by atoms with Crippen LogP contribution in [0.5, 0.6) is 0 Å². The number of aromatic nitrogens is 1. The molecule has 0 aliphatic carbocycles. The van der Waals surface area contributed by atoms with E-state index in [0.29, 0.717) is 0 Å². The summed E-state index contributed by atoms with van der Waals surface area (Å²) in [5.41, 5.74) is 3.71. The number of benzene rings is 1. The number of nitrogens with zero attached hydrogens (tertiary/aromatic N) is 1. The van der Waals surface area contributed by atoms with Gasteiger partial charge < -0.3 is 4.98 Å². The van der Waals surface area contributed by atoms with Gasteiger partial charge in [-0.2, -0.15) is 5.26 Å². The Morgan fingerprint density at radius 2 is 1.93 bits per heavy atom. The van der Waals surface area contributed by atoms with E-state index in [1.165, 1.54) is 0 Å². The monoisotopic (exact) mass is 182 g/mol. The topological polar surface area (TPSA) is 39.6 Å². The summed E-state index contributed by atoms with van der Waals surface area (Å²) in [5.74, 6) is 0. The van der Waals surface area contributed by atoms with Gasteiger partial charge in [-0.15, -0.1) is 0 Å². The molecule has 0 aliphatic heterocycles. The molecule has 0 aliphatic rings. The third-order valence-corrected chi connectivity index (χ3v) is 2.27. The van der Waals surface area contributed by atoms with E-state index in [1.54, 1.807) is 0 Å². The highest BCUT2D eigenvalue weighted by atomic mass is 14.7. The lowest BCUT2D eigenvalue weighted by atomic mass is 10.0. The number of aryl methyl sites for hydroxylation is 1. The number of hydrogen-bond acceptors (Lipinski definition) is 1. The Balaban J connectivity index is 2.59. The minimum Gasteiger partial charge on any atom is -0.363 e. The molecule has 0 spiro atoms. The largest absolute Gasteiger partial charge is 0.363 e. The first-order chi connectivity index (χ1) is 6.83. The van der Waals surface area contributed by atoms with Crippen molar-refractivity contribution in [2.24, 2.45) is 0 Å². The van der Waals surface area contributed by atoms with Crippen LogP contribution >= 0.6 is 0 Å². The first kappa shape index (κ1) is 8.58. The molecule has 0 unspecified atom stereocenters. The second-order valence-corrected chi connectivity index (χ2v) is 3.18. The summed E-state index contributed by atoms with van der Waals surface area (Å²) in [6.07, 6.45) is 1.88. The molecule has 0 atom stereocenters. The minimum absolute atomic E-state index is 0.733. The van der Waals surface area contributed by atoms with E-state index in [0.717, 1.165) is 22.4 Å². The molecule has 0 saturated carbocycles. The van der Waals surface area contributed by atoms with Gasteiger partial charge in [-0.3, -0.25) is 0 Å². The standard InChI is InChI=1S/C12H10N2/c1-9-11(7-13)12(8-14-9)10-5-3-2-4-6-10/h2-6,8,14H,1H3. The van der Waals surface area contributed by atoms with Crippen LogP contribution in [0.2, 0.25) is 0 Å². The Morgan fingerprint density at radius 1 is 1.21 bits per heavy atom. The van der Waals surface area contributed by atoms with Crippen LogP contribution in [0.1, 0.15) is 11.3 Å². The third kappa shape index (κ3) is 1.29. The fourth-order valence-electron chi connectivity index (χ4n) is 1.52. The molecule has 0 bridgehead atoms. The summed E-state index contributed by atoms with van der Waals surface area (Å²) >= 11 is 0. The molecule has 2 rings (SSSR count). The van der Waals surface area contributed by atoms with Crippen molar-refractivity contribution in [2.45, 2.75) is 6.92 Å². The molecule has 0 amide bonds. The van der Waals surface area contributed by atoms with E-state index in [2.05, 4.69) is 11.1 Å². The number of H-pyrrole nitrogens is 1. The molecule has 2 heteroatoms. The van der Waals surface area contributed by atoms with Crippen LogP contribution in [0.25, 0.3) is 11.1 Å².